The maximum absolute atomic E-state index is 12.2. The highest BCUT2D eigenvalue weighted by Gasteiger charge is 2.30. The Hall–Kier alpha value is -2.19. The average Bonchev–Trinajstić information content (AvgIpc) is 3.38. The second-order valence-corrected chi connectivity index (χ2v) is 7.94. The first-order valence-corrected chi connectivity index (χ1v) is 9.62. The van der Waals surface area contributed by atoms with Gasteiger partial charge in [-0.1, -0.05) is 23.7 Å². The summed E-state index contributed by atoms with van der Waals surface area (Å²) in [6.45, 7) is 0. The molecule has 9 heteroatoms. The van der Waals surface area contributed by atoms with Gasteiger partial charge in [0.1, 0.15) is 11.4 Å². The van der Waals surface area contributed by atoms with E-state index in [9.17, 15) is 13.2 Å². The monoisotopic (exact) mass is 381 g/mol. The van der Waals surface area contributed by atoms with Crippen molar-refractivity contribution < 1.29 is 17.9 Å². The number of methoxy groups -OCH3 is 1. The summed E-state index contributed by atoms with van der Waals surface area (Å²) in [4.78, 5) is 12.2. The van der Waals surface area contributed by atoms with Gasteiger partial charge in [-0.15, -0.1) is 5.10 Å². The number of nitrogens with one attached hydrogen (secondary N) is 1. The molecule has 0 unspecified atom stereocenters. The molecule has 0 bridgehead atoms. The van der Waals surface area contributed by atoms with Crippen LogP contribution in [0.3, 0.4) is 0 Å². The third-order valence-corrected chi connectivity index (χ3v) is 5.14. The second-order valence-electron chi connectivity index (χ2n) is 5.78. The van der Waals surface area contributed by atoms with Gasteiger partial charge >= 0.3 is 0 Å². The number of carbonyl (C=O) groups is 1. The van der Waals surface area contributed by atoms with Crippen LogP contribution in [0.2, 0.25) is 5.02 Å². The van der Waals surface area contributed by atoms with Crippen molar-refractivity contribution in [2.24, 2.45) is 0 Å². The van der Waals surface area contributed by atoms with E-state index < -0.39 is 15.9 Å². The highest BCUT2D eigenvalue weighted by atomic mass is 35.5. The lowest BCUT2D eigenvalue weighted by atomic mass is 10.2. The van der Waals surface area contributed by atoms with E-state index in [1.807, 2.05) is 4.72 Å². The largest absolute Gasteiger partial charge is 0.495 e. The number of hydrogen-bond donors (Lipinski definition) is 1. The molecule has 0 atom stereocenters. The van der Waals surface area contributed by atoms with Crippen molar-refractivity contribution in [2.75, 3.05) is 7.11 Å². The van der Waals surface area contributed by atoms with E-state index in [2.05, 4.69) is 10.2 Å². The third kappa shape index (κ3) is 4.46. The van der Waals surface area contributed by atoms with Crippen LogP contribution in [0.15, 0.2) is 30.3 Å². The van der Waals surface area contributed by atoms with Crippen molar-refractivity contribution in [1.29, 1.82) is 0 Å². The number of rotatable bonds is 6. The molecule has 1 aliphatic rings. The summed E-state index contributed by atoms with van der Waals surface area (Å²) in [5.41, 5.74) is 1.05. The van der Waals surface area contributed by atoms with Crippen LogP contribution in [-0.2, 0) is 15.8 Å². The predicted octanol–water partition coefficient (Wildman–Crippen LogP) is 2.28. The van der Waals surface area contributed by atoms with Gasteiger partial charge in [-0.3, -0.25) is 4.79 Å². The first-order valence-electron chi connectivity index (χ1n) is 7.59. The lowest BCUT2D eigenvalue weighted by Gasteiger charge is -2.09. The Bertz CT molecular complexity index is 913. The van der Waals surface area contributed by atoms with Gasteiger partial charge in [0.05, 0.1) is 12.9 Å². The fourth-order valence-electron chi connectivity index (χ4n) is 2.37. The summed E-state index contributed by atoms with van der Waals surface area (Å²) >= 11 is 5.84. The lowest BCUT2D eigenvalue weighted by Crippen LogP contribution is -2.32. The predicted molar refractivity (Wildman–Crippen MR) is 92.1 cm³/mol. The normalized spacial score (nSPS) is 14.2. The summed E-state index contributed by atoms with van der Waals surface area (Å²) in [6, 6.07) is 7.83. The molecule has 0 saturated heterocycles. The summed E-state index contributed by atoms with van der Waals surface area (Å²) in [7, 11) is -2.43. The molecule has 1 saturated carbocycles. The van der Waals surface area contributed by atoms with E-state index in [-0.39, 0.29) is 11.4 Å². The quantitative estimate of drug-likeness (QED) is 0.824. The number of aromatic nitrogens is 2. The zero-order chi connectivity index (χ0) is 18.0. The number of sulfonamides is 1. The number of carbonyl (C=O) groups excluding carboxylic acids is 1. The minimum Gasteiger partial charge on any atom is -0.495 e. The van der Waals surface area contributed by atoms with Gasteiger partial charge in [-0.05, 0) is 30.5 Å². The molecule has 3 rings (SSSR count). The molecular weight excluding hydrogens is 366 g/mol. The number of amides is 1. The van der Waals surface area contributed by atoms with Gasteiger partial charge < -0.3 is 4.74 Å². The summed E-state index contributed by atoms with van der Waals surface area (Å²) in [5.74, 6) is -0.486. The summed E-state index contributed by atoms with van der Waals surface area (Å²) < 4.78 is 31.6. The standard InChI is InChI=1S/C16H16ClN3O4S/c1-24-14-8-13(18-19-15(14)11-5-6-11)16(21)20-25(22,23)9-10-3-2-4-12(17)7-10/h2-4,7-8,11H,5-6,9H2,1H3,(H,20,21). The number of hydrogen-bond acceptors (Lipinski definition) is 6. The highest BCUT2D eigenvalue weighted by molar-refractivity contribution is 7.89. The van der Waals surface area contributed by atoms with Crippen molar-refractivity contribution >= 4 is 27.5 Å². The molecule has 1 aromatic heterocycles. The van der Waals surface area contributed by atoms with Crippen molar-refractivity contribution in [2.45, 2.75) is 24.5 Å². The minimum atomic E-state index is -3.90. The number of ether oxygens (including phenoxy) is 1. The van der Waals surface area contributed by atoms with Crippen LogP contribution in [0.25, 0.3) is 0 Å². The molecule has 1 N–H and O–H groups in total. The van der Waals surface area contributed by atoms with Crippen LogP contribution >= 0.6 is 11.6 Å². The maximum atomic E-state index is 12.2. The number of nitrogens with zero attached hydrogens (tertiary/aromatic N) is 2. The van der Waals surface area contributed by atoms with E-state index >= 15 is 0 Å². The topological polar surface area (TPSA) is 98.2 Å². The van der Waals surface area contributed by atoms with Gasteiger partial charge in [0, 0.05) is 17.0 Å². The van der Waals surface area contributed by atoms with Crippen LogP contribution in [0, 0.1) is 0 Å². The van der Waals surface area contributed by atoms with Gasteiger partial charge in [-0.25, -0.2) is 13.1 Å². The van der Waals surface area contributed by atoms with Crippen molar-refractivity contribution in [3.8, 4) is 5.75 Å². The molecule has 1 heterocycles. The van der Waals surface area contributed by atoms with Crippen molar-refractivity contribution in [3.63, 3.8) is 0 Å². The molecule has 1 fully saturated rings. The molecular formula is C16H16ClN3O4S. The Kier molecular flexibility index (Phi) is 4.91. The summed E-state index contributed by atoms with van der Waals surface area (Å²) in [6.07, 6.45) is 2.01. The fourth-order valence-corrected chi connectivity index (χ4v) is 3.66. The number of benzene rings is 1. The fraction of sp³-hybridized carbons (Fsp3) is 0.312. The maximum Gasteiger partial charge on any atom is 0.285 e. The van der Waals surface area contributed by atoms with Gasteiger partial charge in [0.25, 0.3) is 5.91 Å². The molecule has 25 heavy (non-hydrogen) atoms. The van der Waals surface area contributed by atoms with Crippen LogP contribution in [0.5, 0.6) is 5.75 Å². The molecule has 0 spiro atoms. The van der Waals surface area contributed by atoms with Gasteiger partial charge in [0.2, 0.25) is 10.0 Å². The Morgan fingerprint density at radius 1 is 1.32 bits per heavy atom. The molecule has 2 aromatic rings. The van der Waals surface area contributed by atoms with Crippen LogP contribution < -0.4 is 9.46 Å². The molecule has 1 aliphatic carbocycles. The van der Waals surface area contributed by atoms with E-state index in [1.54, 1.807) is 18.2 Å². The Balaban J connectivity index is 1.74. The Morgan fingerprint density at radius 3 is 2.72 bits per heavy atom. The molecule has 132 valence electrons. The zero-order valence-electron chi connectivity index (χ0n) is 13.4. The lowest BCUT2D eigenvalue weighted by molar-refractivity contribution is 0.0975. The smallest absolute Gasteiger partial charge is 0.285 e. The van der Waals surface area contributed by atoms with Crippen LogP contribution in [0.1, 0.15) is 40.5 Å². The first kappa shape index (κ1) is 17.6. The summed E-state index contributed by atoms with van der Waals surface area (Å²) in [5, 5.41) is 8.26. The molecule has 0 aliphatic heterocycles. The third-order valence-electron chi connectivity index (χ3n) is 3.70. The van der Waals surface area contributed by atoms with E-state index in [4.69, 9.17) is 16.3 Å². The van der Waals surface area contributed by atoms with E-state index in [1.165, 1.54) is 19.2 Å². The second kappa shape index (κ2) is 6.97. The van der Waals surface area contributed by atoms with Crippen LogP contribution in [0.4, 0.5) is 0 Å². The van der Waals surface area contributed by atoms with Crippen molar-refractivity contribution in [1.82, 2.24) is 14.9 Å². The molecule has 1 aromatic carbocycles. The minimum absolute atomic E-state index is 0.115. The van der Waals surface area contributed by atoms with E-state index in [0.717, 1.165) is 12.8 Å². The number of halogens is 1. The average molecular weight is 382 g/mol. The van der Waals surface area contributed by atoms with Gasteiger partial charge in [-0.2, -0.15) is 5.10 Å². The molecule has 0 radical (unpaired) electrons. The van der Waals surface area contributed by atoms with Gasteiger partial charge in [0.15, 0.2) is 5.69 Å². The molecule has 7 nitrogen and oxygen atoms in total. The van der Waals surface area contributed by atoms with Crippen LogP contribution in [-0.4, -0.2) is 31.6 Å². The van der Waals surface area contributed by atoms with E-state index in [0.29, 0.717) is 27.9 Å². The molecule has 1 amide bonds. The Labute approximate surface area is 150 Å². The highest BCUT2D eigenvalue weighted by Crippen LogP contribution is 2.42. The zero-order valence-corrected chi connectivity index (χ0v) is 15.0. The Morgan fingerprint density at radius 2 is 2.08 bits per heavy atom. The van der Waals surface area contributed by atoms with Crippen molar-refractivity contribution in [3.05, 3.63) is 52.3 Å². The first-order chi connectivity index (χ1) is 11.9. The SMILES string of the molecule is COc1cc(C(=O)NS(=O)(=O)Cc2cccc(Cl)c2)nnc1C1CC1.